The maximum atomic E-state index is 13.4. The van der Waals surface area contributed by atoms with Gasteiger partial charge in [-0.1, -0.05) is 49.1 Å². The number of hydrogen-bond acceptors (Lipinski definition) is 3. The van der Waals surface area contributed by atoms with Crippen LogP contribution in [-0.4, -0.2) is 36.5 Å². The third kappa shape index (κ3) is 5.35. The molecule has 2 aromatic carbocycles. The lowest BCUT2D eigenvalue weighted by atomic mass is 9.77. The van der Waals surface area contributed by atoms with Gasteiger partial charge in [-0.3, -0.25) is 4.79 Å². The molecule has 1 aliphatic carbocycles. The summed E-state index contributed by atoms with van der Waals surface area (Å²) in [5.74, 6) is 0.980. The third-order valence-electron chi connectivity index (χ3n) is 7.37. The van der Waals surface area contributed by atoms with E-state index >= 15 is 0 Å². The number of aryl methyl sites for hydroxylation is 1. The van der Waals surface area contributed by atoms with Crippen LogP contribution in [0.15, 0.2) is 48.5 Å². The lowest BCUT2D eigenvalue weighted by molar-refractivity contribution is -0.121. The second-order valence-corrected chi connectivity index (χ2v) is 9.72. The maximum absolute atomic E-state index is 13.4. The van der Waals surface area contributed by atoms with Crippen molar-refractivity contribution in [3.8, 4) is 5.75 Å². The predicted octanol–water partition coefficient (Wildman–Crippen LogP) is 6.09. The van der Waals surface area contributed by atoms with Gasteiger partial charge in [0.1, 0.15) is 5.75 Å². The van der Waals surface area contributed by atoms with Gasteiger partial charge in [-0.05, 0) is 82.3 Å². The largest absolute Gasteiger partial charge is 0.494 e. The first-order chi connectivity index (χ1) is 15.6. The number of anilines is 1. The number of nitrogens with zero attached hydrogens (tertiary/aromatic N) is 1. The van der Waals surface area contributed by atoms with Crippen LogP contribution in [0.25, 0.3) is 0 Å². The fraction of sp³-hybridized carbons (Fsp3) is 0.536. The van der Waals surface area contributed by atoms with Crippen LogP contribution in [0.4, 0.5) is 5.69 Å². The average Bonchev–Trinajstić information content (AvgIpc) is 3.30. The smallest absolute Gasteiger partial charge is 0.235 e. The molecule has 1 saturated carbocycles. The molecule has 0 aromatic heterocycles. The molecular formula is C28H38N2O2. The molecule has 2 fully saturated rings. The van der Waals surface area contributed by atoms with Gasteiger partial charge in [0.05, 0.1) is 12.0 Å². The van der Waals surface area contributed by atoms with Crippen LogP contribution in [0, 0.1) is 6.92 Å². The molecule has 2 aromatic rings. The number of benzene rings is 2. The zero-order chi connectivity index (χ0) is 22.4. The lowest BCUT2D eigenvalue weighted by Gasteiger charge is -2.33. The van der Waals surface area contributed by atoms with Crippen LogP contribution in [0.3, 0.4) is 0 Å². The maximum Gasteiger partial charge on any atom is 0.235 e. The summed E-state index contributed by atoms with van der Waals surface area (Å²) in [5.41, 5.74) is 2.78. The molecule has 1 unspecified atom stereocenters. The van der Waals surface area contributed by atoms with Crippen molar-refractivity contribution in [2.45, 2.75) is 76.7 Å². The lowest BCUT2D eigenvalue weighted by Crippen LogP contribution is -2.38. The summed E-state index contributed by atoms with van der Waals surface area (Å²) < 4.78 is 5.96. The second kappa shape index (κ2) is 10.5. The van der Waals surface area contributed by atoms with Crippen LogP contribution < -0.4 is 10.1 Å². The molecule has 1 amide bonds. The van der Waals surface area contributed by atoms with E-state index in [1.165, 1.54) is 31.4 Å². The molecule has 1 atom stereocenters. The van der Waals surface area contributed by atoms with Crippen molar-refractivity contribution in [2.75, 3.05) is 25.0 Å². The first-order valence-corrected chi connectivity index (χ1v) is 12.4. The molecule has 4 rings (SSSR count). The Hall–Kier alpha value is -2.33. The van der Waals surface area contributed by atoms with Crippen LogP contribution in [0.5, 0.6) is 5.75 Å². The Morgan fingerprint density at radius 3 is 2.59 bits per heavy atom. The molecule has 1 saturated heterocycles. The van der Waals surface area contributed by atoms with Crippen molar-refractivity contribution >= 4 is 11.6 Å². The predicted molar refractivity (Wildman–Crippen MR) is 131 cm³/mol. The van der Waals surface area contributed by atoms with E-state index in [0.717, 1.165) is 62.3 Å². The van der Waals surface area contributed by atoms with Crippen LogP contribution in [0.1, 0.15) is 69.4 Å². The van der Waals surface area contributed by atoms with Crippen LogP contribution >= 0.6 is 0 Å². The fourth-order valence-corrected chi connectivity index (χ4v) is 5.40. The first-order valence-electron chi connectivity index (χ1n) is 12.4. The topological polar surface area (TPSA) is 41.6 Å². The molecule has 0 bridgehead atoms. The molecule has 4 heteroatoms. The van der Waals surface area contributed by atoms with Crippen LogP contribution in [-0.2, 0) is 10.2 Å². The number of nitrogens with one attached hydrogen (secondary N) is 1. The Kier molecular flexibility index (Phi) is 7.51. The zero-order valence-electron chi connectivity index (χ0n) is 19.7. The molecule has 1 aliphatic heterocycles. The summed E-state index contributed by atoms with van der Waals surface area (Å²) >= 11 is 0. The van der Waals surface area contributed by atoms with E-state index < -0.39 is 5.41 Å². The van der Waals surface area contributed by atoms with Gasteiger partial charge < -0.3 is 15.0 Å². The van der Waals surface area contributed by atoms with Crippen molar-refractivity contribution < 1.29 is 9.53 Å². The van der Waals surface area contributed by atoms with E-state index in [1.54, 1.807) is 0 Å². The monoisotopic (exact) mass is 434 g/mol. The fourth-order valence-electron chi connectivity index (χ4n) is 5.40. The molecule has 1 heterocycles. The Balaban J connectivity index is 1.30. The van der Waals surface area contributed by atoms with Gasteiger partial charge >= 0.3 is 0 Å². The zero-order valence-corrected chi connectivity index (χ0v) is 19.7. The van der Waals surface area contributed by atoms with E-state index in [4.69, 9.17) is 4.74 Å². The molecule has 2 aliphatic rings. The van der Waals surface area contributed by atoms with Crippen molar-refractivity contribution in [3.63, 3.8) is 0 Å². The summed E-state index contributed by atoms with van der Waals surface area (Å²) in [6, 6.07) is 17.0. The van der Waals surface area contributed by atoms with E-state index in [2.05, 4.69) is 48.3 Å². The van der Waals surface area contributed by atoms with Crippen LogP contribution in [0.2, 0.25) is 0 Å². The van der Waals surface area contributed by atoms with Gasteiger partial charge in [0.25, 0.3) is 0 Å². The highest BCUT2D eigenvalue weighted by Crippen LogP contribution is 2.42. The number of rotatable bonds is 8. The number of amides is 1. The normalized spacial score (nSPS) is 20.8. The Bertz CT molecular complexity index is 887. The summed E-state index contributed by atoms with van der Waals surface area (Å²) in [7, 11) is 0. The number of piperidine rings is 1. The minimum Gasteiger partial charge on any atom is -0.494 e. The van der Waals surface area contributed by atoms with E-state index in [9.17, 15) is 4.79 Å². The first kappa shape index (κ1) is 22.8. The molecule has 4 nitrogen and oxygen atoms in total. The second-order valence-electron chi connectivity index (χ2n) is 9.72. The SMILES string of the molecule is Cc1cccc(C2(C(=O)Nc3ccc(OCCCN4CCCCC4C)cc3)CCCC2)c1. The molecular weight excluding hydrogens is 396 g/mol. The van der Waals surface area contributed by atoms with Crippen molar-refractivity contribution in [1.29, 1.82) is 0 Å². The quantitative estimate of drug-likeness (QED) is 0.511. The van der Waals surface area contributed by atoms with Gasteiger partial charge in [0, 0.05) is 18.3 Å². The average molecular weight is 435 g/mol. The standard InChI is InChI=1S/C28H38N2O2/c1-22-9-7-11-24(21-22)28(16-4-5-17-28)27(31)29-25-12-14-26(15-13-25)32-20-8-19-30-18-6-3-10-23(30)2/h7,9,11-15,21,23H,3-6,8,10,16-20H2,1-2H3,(H,29,31). The molecule has 32 heavy (non-hydrogen) atoms. The van der Waals surface area contributed by atoms with Crippen molar-refractivity contribution in [3.05, 3.63) is 59.7 Å². The highest BCUT2D eigenvalue weighted by molar-refractivity contribution is 5.99. The Morgan fingerprint density at radius 2 is 1.88 bits per heavy atom. The van der Waals surface area contributed by atoms with Gasteiger partial charge in [-0.15, -0.1) is 0 Å². The minimum atomic E-state index is -0.410. The number of ether oxygens (including phenoxy) is 1. The van der Waals surface area contributed by atoms with Gasteiger partial charge in [-0.2, -0.15) is 0 Å². The number of carbonyl (C=O) groups excluding carboxylic acids is 1. The molecule has 0 radical (unpaired) electrons. The van der Waals surface area contributed by atoms with Crippen molar-refractivity contribution in [2.24, 2.45) is 0 Å². The number of likely N-dealkylation sites (tertiary alicyclic amines) is 1. The van der Waals surface area contributed by atoms with E-state index in [0.29, 0.717) is 6.04 Å². The van der Waals surface area contributed by atoms with Crippen molar-refractivity contribution in [1.82, 2.24) is 4.90 Å². The van der Waals surface area contributed by atoms with E-state index in [-0.39, 0.29) is 5.91 Å². The Labute approximate surface area is 193 Å². The summed E-state index contributed by atoms with van der Waals surface area (Å²) in [4.78, 5) is 16.0. The van der Waals surface area contributed by atoms with Gasteiger partial charge in [-0.25, -0.2) is 0 Å². The molecule has 1 N–H and O–H groups in total. The molecule has 172 valence electrons. The highest BCUT2D eigenvalue weighted by Gasteiger charge is 2.42. The highest BCUT2D eigenvalue weighted by atomic mass is 16.5. The minimum absolute atomic E-state index is 0.116. The third-order valence-corrected chi connectivity index (χ3v) is 7.37. The van der Waals surface area contributed by atoms with Gasteiger partial charge in [0.15, 0.2) is 0 Å². The number of hydrogen-bond donors (Lipinski definition) is 1. The van der Waals surface area contributed by atoms with E-state index in [1.807, 2.05) is 24.3 Å². The molecule has 0 spiro atoms. The summed E-state index contributed by atoms with van der Waals surface area (Å²) in [6.45, 7) is 7.49. The number of carbonyl (C=O) groups is 1. The summed E-state index contributed by atoms with van der Waals surface area (Å²) in [6.07, 6.45) is 9.08. The van der Waals surface area contributed by atoms with Gasteiger partial charge in [0.2, 0.25) is 5.91 Å². The Morgan fingerprint density at radius 1 is 1.09 bits per heavy atom. The summed E-state index contributed by atoms with van der Waals surface area (Å²) in [5, 5.41) is 3.18.